The Kier molecular flexibility index (Phi) is 11.5. The van der Waals surface area contributed by atoms with Crippen LogP contribution in [0.3, 0.4) is 0 Å². The number of pyridine rings is 1. The Balaban J connectivity index is 0.737. The van der Waals surface area contributed by atoms with E-state index < -0.39 is 46.6 Å². The largest absolute Gasteiger partial charge is 0.503 e. The fourth-order valence-electron chi connectivity index (χ4n) is 9.34. The lowest BCUT2D eigenvalue weighted by Gasteiger charge is -2.35. The molecule has 0 spiro atoms. The van der Waals surface area contributed by atoms with Crippen molar-refractivity contribution in [3.63, 3.8) is 0 Å². The van der Waals surface area contributed by atoms with Crippen LogP contribution in [0.5, 0.6) is 5.75 Å². The fraction of sp³-hybridized carbons (Fsp3) is 0.391. The number of nitrogens with one attached hydrogen (secondary N) is 2. The molecule has 3 aromatic heterocycles. The van der Waals surface area contributed by atoms with Gasteiger partial charge >= 0.3 is 5.69 Å². The SMILES string of the molecule is Cn1c(=O)n(C2CCC(=O)NC2=O)c2ccc(CCCN3CCN(c4ccc(-c5ccc6cn([C@H]7CC[C@H](CNC(=O)c8cc(F)c(O)c(F)c8F)CC7)nc6c5)cn4)CC3)cc21. The van der Waals surface area contributed by atoms with Gasteiger partial charge in [-0.25, -0.2) is 18.6 Å². The molecule has 1 atom stereocenters. The third-order valence-electron chi connectivity index (χ3n) is 13.0. The number of aromatic hydroxyl groups is 1. The van der Waals surface area contributed by atoms with Crippen LogP contribution >= 0.6 is 0 Å². The van der Waals surface area contributed by atoms with Crippen LogP contribution in [0.25, 0.3) is 33.1 Å². The van der Waals surface area contributed by atoms with Crippen LogP contribution in [-0.2, 0) is 23.1 Å². The van der Waals surface area contributed by atoms with Crippen LogP contribution in [0, 0.1) is 23.4 Å². The summed E-state index contributed by atoms with van der Waals surface area (Å²) in [5, 5.41) is 20.1. The van der Waals surface area contributed by atoms with E-state index in [0.29, 0.717) is 18.0 Å². The number of rotatable bonds is 11. The summed E-state index contributed by atoms with van der Waals surface area (Å²) < 4.78 is 46.7. The van der Waals surface area contributed by atoms with Crippen LogP contribution in [-0.4, -0.2) is 90.9 Å². The number of amides is 3. The summed E-state index contributed by atoms with van der Waals surface area (Å²) in [6.45, 7) is 4.79. The second-order valence-electron chi connectivity index (χ2n) is 17.0. The number of halogens is 3. The van der Waals surface area contributed by atoms with Crippen molar-refractivity contribution < 1.29 is 32.7 Å². The number of anilines is 1. The average molecular weight is 864 g/mol. The molecule has 3 amide bonds. The topological polar surface area (TPSA) is 160 Å². The van der Waals surface area contributed by atoms with Gasteiger partial charge in [-0.15, -0.1) is 0 Å². The number of carbonyl (C=O) groups excluding carboxylic acids is 3. The number of piperidine rings is 1. The van der Waals surface area contributed by atoms with Crippen molar-refractivity contribution in [3.8, 4) is 16.9 Å². The van der Waals surface area contributed by atoms with Gasteiger partial charge < -0.3 is 15.3 Å². The first-order chi connectivity index (χ1) is 30.4. The number of aryl methyl sites for hydroxylation is 2. The molecule has 3 aromatic carbocycles. The van der Waals surface area contributed by atoms with Crippen molar-refractivity contribution in [3.05, 3.63) is 106 Å². The maximum Gasteiger partial charge on any atom is 0.329 e. The van der Waals surface area contributed by atoms with Crippen molar-refractivity contribution in [2.24, 2.45) is 13.0 Å². The Hall–Kier alpha value is -6.49. The standard InChI is InChI=1S/C46H48F3N9O5/c1-54-38-21-27(6-12-36(38)58(46(54)63)37-13-15-40(59)52-45(37)62)3-2-16-55-17-19-56(20-18-55)39-14-9-30(25-50-39)29-7-8-31-26-57(53-35(31)22-29)32-10-4-28(5-11-32)24-51-44(61)33-23-34(47)43(60)42(49)41(33)48/h6-9,12,14,21-23,25-26,28,32,37,60H,2-5,10-11,13,15-20,24H2,1H3,(H,51,61)(H,52,59,62)/t28-,32-,37?. The smallest absolute Gasteiger partial charge is 0.329 e. The Morgan fingerprint density at radius 1 is 0.889 bits per heavy atom. The first-order valence-electron chi connectivity index (χ1n) is 21.5. The highest BCUT2D eigenvalue weighted by molar-refractivity contribution is 6.00. The molecule has 1 aliphatic carbocycles. The number of piperazine rings is 1. The zero-order chi connectivity index (χ0) is 43.9. The molecule has 9 rings (SSSR count). The monoisotopic (exact) mass is 863 g/mol. The molecule has 2 saturated heterocycles. The minimum atomic E-state index is -1.78. The lowest BCUT2D eigenvalue weighted by molar-refractivity contribution is -0.135. The van der Waals surface area contributed by atoms with E-state index in [2.05, 4.69) is 57.0 Å². The van der Waals surface area contributed by atoms with E-state index in [9.17, 15) is 37.5 Å². The highest BCUT2D eigenvalue weighted by atomic mass is 19.2. The summed E-state index contributed by atoms with van der Waals surface area (Å²) in [4.78, 5) is 59.4. The molecule has 1 saturated carbocycles. The van der Waals surface area contributed by atoms with Crippen molar-refractivity contribution in [1.82, 2.24) is 39.4 Å². The molecular weight excluding hydrogens is 816 g/mol. The average Bonchev–Trinajstić information content (AvgIpc) is 3.83. The van der Waals surface area contributed by atoms with Gasteiger partial charge in [0, 0.05) is 69.5 Å². The number of phenols is 1. The van der Waals surface area contributed by atoms with Gasteiger partial charge in [-0.2, -0.15) is 9.49 Å². The summed E-state index contributed by atoms with van der Waals surface area (Å²) in [5.41, 5.74) is 4.46. The molecule has 0 bridgehead atoms. The Bertz CT molecular complexity index is 2790. The second kappa shape index (κ2) is 17.3. The van der Waals surface area contributed by atoms with Gasteiger partial charge in [0.1, 0.15) is 11.9 Å². The molecule has 328 valence electrons. The van der Waals surface area contributed by atoms with Crippen molar-refractivity contribution >= 4 is 45.5 Å². The van der Waals surface area contributed by atoms with Gasteiger partial charge in [0.2, 0.25) is 17.6 Å². The van der Waals surface area contributed by atoms with E-state index in [1.807, 2.05) is 29.1 Å². The number of imide groups is 1. The number of fused-ring (bicyclic) bond motifs is 2. The van der Waals surface area contributed by atoms with Gasteiger partial charge in [0.25, 0.3) is 5.91 Å². The van der Waals surface area contributed by atoms with Gasteiger partial charge in [0.15, 0.2) is 17.4 Å². The summed E-state index contributed by atoms with van der Waals surface area (Å²) in [6.07, 6.45) is 9.53. The lowest BCUT2D eigenvalue weighted by Crippen LogP contribution is -2.47. The molecule has 2 aliphatic heterocycles. The number of hydrogen-bond acceptors (Lipinski definition) is 9. The Morgan fingerprint density at radius 3 is 2.41 bits per heavy atom. The van der Waals surface area contributed by atoms with E-state index in [1.54, 1.807) is 11.6 Å². The van der Waals surface area contributed by atoms with Gasteiger partial charge in [-0.05, 0) is 105 Å². The molecule has 3 aliphatic rings. The molecule has 17 heteroatoms. The molecule has 5 heterocycles. The van der Waals surface area contributed by atoms with Crippen molar-refractivity contribution in [2.45, 2.75) is 63.5 Å². The number of imidazole rings is 1. The van der Waals surface area contributed by atoms with E-state index in [4.69, 9.17) is 10.1 Å². The first-order valence-corrected chi connectivity index (χ1v) is 21.5. The van der Waals surface area contributed by atoms with E-state index in [0.717, 1.165) is 110 Å². The number of carbonyl (C=O) groups is 3. The lowest BCUT2D eigenvalue weighted by atomic mass is 9.86. The number of hydrogen-bond donors (Lipinski definition) is 3. The molecule has 3 fully saturated rings. The minimum absolute atomic E-state index is 0.117. The number of nitrogens with zero attached hydrogens (tertiary/aromatic N) is 7. The molecule has 6 aromatic rings. The van der Waals surface area contributed by atoms with Crippen LogP contribution in [0.15, 0.2) is 71.8 Å². The van der Waals surface area contributed by atoms with Gasteiger partial charge in [0.05, 0.1) is 28.2 Å². The summed E-state index contributed by atoms with van der Waals surface area (Å²) >= 11 is 0. The van der Waals surface area contributed by atoms with E-state index in [1.165, 1.54) is 4.57 Å². The highest BCUT2D eigenvalue weighted by Gasteiger charge is 2.32. The normalized spacial score (nSPS) is 19.8. The zero-order valence-corrected chi connectivity index (χ0v) is 34.8. The number of phenolic OH excluding ortho intramolecular Hbond substituents is 1. The summed E-state index contributed by atoms with van der Waals surface area (Å²) in [5.74, 6) is -6.82. The van der Waals surface area contributed by atoms with Crippen LogP contribution in [0.1, 0.15) is 73.0 Å². The minimum Gasteiger partial charge on any atom is -0.503 e. The van der Waals surface area contributed by atoms with Crippen LogP contribution in [0.2, 0.25) is 0 Å². The number of benzene rings is 3. The third-order valence-corrected chi connectivity index (χ3v) is 13.0. The van der Waals surface area contributed by atoms with E-state index >= 15 is 0 Å². The Morgan fingerprint density at radius 2 is 1.67 bits per heavy atom. The fourth-order valence-corrected chi connectivity index (χ4v) is 9.34. The van der Waals surface area contributed by atoms with Gasteiger partial charge in [-0.1, -0.05) is 18.2 Å². The van der Waals surface area contributed by atoms with E-state index in [-0.39, 0.29) is 36.5 Å². The molecule has 3 N–H and O–H groups in total. The summed E-state index contributed by atoms with van der Waals surface area (Å²) in [7, 11) is 1.72. The summed E-state index contributed by atoms with van der Waals surface area (Å²) in [6, 6.07) is 16.3. The quantitative estimate of drug-likeness (QED) is 0.109. The molecule has 14 nitrogen and oxygen atoms in total. The third kappa shape index (κ3) is 8.41. The molecule has 0 radical (unpaired) electrons. The van der Waals surface area contributed by atoms with Crippen LogP contribution in [0.4, 0.5) is 19.0 Å². The second-order valence-corrected chi connectivity index (χ2v) is 17.0. The molecular formula is C46H48F3N9O5. The molecule has 1 unspecified atom stereocenters. The highest BCUT2D eigenvalue weighted by Crippen LogP contribution is 2.34. The predicted molar refractivity (Wildman–Crippen MR) is 230 cm³/mol. The zero-order valence-electron chi connectivity index (χ0n) is 34.8. The number of aromatic nitrogens is 5. The van der Waals surface area contributed by atoms with Gasteiger partial charge in [-0.3, -0.25) is 38.4 Å². The molecule has 63 heavy (non-hydrogen) atoms. The predicted octanol–water partition coefficient (Wildman–Crippen LogP) is 5.77. The Labute approximate surface area is 360 Å². The first kappa shape index (κ1) is 41.8. The van der Waals surface area contributed by atoms with Crippen molar-refractivity contribution in [1.29, 1.82) is 0 Å². The maximum atomic E-state index is 14.2. The maximum absolute atomic E-state index is 14.2. The van der Waals surface area contributed by atoms with Crippen LogP contribution < -0.4 is 21.2 Å². The van der Waals surface area contributed by atoms with Crippen molar-refractivity contribution in [2.75, 3.05) is 44.2 Å².